The van der Waals surface area contributed by atoms with Gasteiger partial charge in [-0.05, 0) is 35.2 Å². The summed E-state index contributed by atoms with van der Waals surface area (Å²) in [4.78, 5) is 33.8. The zero-order chi connectivity index (χ0) is 21.2. The first-order chi connectivity index (χ1) is 15.1. The SMILES string of the molecule is Cn1ccnc1[C@@H]1N(C(=O)c2cccc3c2COC3)CC[C@]12C(=O)Nc1ccccc12. The highest BCUT2D eigenvalue weighted by molar-refractivity contribution is 6.08. The van der Waals surface area contributed by atoms with Crippen molar-refractivity contribution in [2.75, 3.05) is 11.9 Å². The van der Waals surface area contributed by atoms with E-state index >= 15 is 0 Å². The van der Waals surface area contributed by atoms with Crippen molar-refractivity contribution in [1.82, 2.24) is 14.5 Å². The smallest absolute Gasteiger partial charge is 0.254 e. The van der Waals surface area contributed by atoms with Crippen LogP contribution in [0.4, 0.5) is 5.69 Å². The number of carbonyl (C=O) groups is 2. The standard InChI is InChI=1S/C24H22N4O3/c1-27-12-10-25-21(27)20-24(18-7-2-3-8-19(18)26-23(24)30)9-11-28(20)22(29)16-6-4-5-15-13-31-14-17(15)16/h2-8,10,12,20H,9,11,13-14H2,1H3,(H,26,30)/t20-,24+/m0/s1. The summed E-state index contributed by atoms with van der Waals surface area (Å²) in [7, 11) is 1.91. The average Bonchev–Trinajstić information content (AvgIpc) is 3.55. The van der Waals surface area contributed by atoms with E-state index in [0.717, 1.165) is 22.4 Å². The molecule has 2 amide bonds. The molecule has 1 aromatic heterocycles. The molecule has 2 atom stereocenters. The normalized spacial score (nSPS) is 23.8. The fourth-order valence-corrected chi connectivity index (χ4v) is 5.46. The molecular formula is C24H22N4O3. The van der Waals surface area contributed by atoms with Crippen LogP contribution in [0.25, 0.3) is 0 Å². The van der Waals surface area contributed by atoms with E-state index < -0.39 is 11.5 Å². The Morgan fingerprint density at radius 3 is 2.90 bits per heavy atom. The number of para-hydroxylation sites is 1. The summed E-state index contributed by atoms with van der Waals surface area (Å²) in [6.07, 6.45) is 4.12. The average molecular weight is 414 g/mol. The minimum Gasteiger partial charge on any atom is -0.372 e. The molecule has 2 aromatic carbocycles. The number of benzene rings is 2. The zero-order valence-corrected chi connectivity index (χ0v) is 17.2. The maximum Gasteiger partial charge on any atom is 0.254 e. The predicted molar refractivity (Wildman–Crippen MR) is 113 cm³/mol. The van der Waals surface area contributed by atoms with Gasteiger partial charge in [0.1, 0.15) is 17.3 Å². The third kappa shape index (κ3) is 2.41. The summed E-state index contributed by atoms with van der Waals surface area (Å²) in [6.45, 7) is 1.44. The van der Waals surface area contributed by atoms with Gasteiger partial charge >= 0.3 is 0 Å². The van der Waals surface area contributed by atoms with Crippen LogP contribution in [-0.4, -0.2) is 32.8 Å². The van der Waals surface area contributed by atoms with Crippen LogP contribution in [0.15, 0.2) is 54.9 Å². The monoisotopic (exact) mass is 414 g/mol. The van der Waals surface area contributed by atoms with Crippen molar-refractivity contribution in [1.29, 1.82) is 0 Å². The van der Waals surface area contributed by atoms with Gasteiger partial charge in [-0.2, -0.15) is 0 Å². The van der Waals surface area contributed by atoms with Crippen LogP contribution in [0.1, 0.15) is 45.3 Å². The maximum atomic E-state index is 13.9. The first-order valence-electron chi connectivity index (χ1n) is 10.5. The molecule has 0 saturated carbocycles. The Balaban J connectivity index is 1.52. The molecule has 0 radical (unpaired) electrons. The van der Waals surface area contributed by atoms with Gasteiger partial charge < -0.3 is 19.5 Å². The van der Waals surface area contributed by atoms with E-state index in [1.807, 2.05) is 65.2 Å². The number of imidazole rings is 1. The second-order valence-electron chi connectivity index (χ2n) is 8.45. The maximum absolute atomic E-state index is 13.9. The second-order valence-corrected chi connectivity index (χ2v) is 8.45. The molecule has 7 heteroatoms. The van der Waals surface area contributed by atoms with E-state index in [0.29, 0.717) is 37.6 Å². The van der Waals surface area contributed by atoms with Crippen LogP contribution in [0.3, 0.4) is 0 Å². The molecule has 3 aliphatic rings. The number of nitrogens with zero attached hydrogens (tertiary/aromatic N) is 3. The number of aryl methyl sites for hydroxylation is 1. The number of rotatable bonds is 2. The molecule has 1 spiro atoms. The zero-order valence-electron chi connectivity index (χ0n) is 17.2. The summed E-state index contributed by atoms with van der Waals surface area (Å²) < 4.78 is 7.50. The molecule has 31 heavy (non-hydrogen) atoms. The number of fused-ring (bicyclic) bond motifs is 3. The highest BCUT2D eigenvalue weighted by Crippen LogP contribution is 2.54. The fourth-order valence-electron chi connectivity index (χ4n) is 5.46. The van der Waals surface area contributed by atoms with Gasteiger partial charge in [0, 0.05) is 37.2 Å². The highest BCUT2D eigenvalue weighted by Gasteiger charge is 2.60. The Morgan fingerprint density at radius 2 is 2.06 bits per heavy atom. The minimum atomic E-state index is -0.861. The fraction of sp³-hybridized carbons (Fsp3) is 0.292. The largest absolute Gasteiger partial charge is 0.372 e. The lowest BCUT2D eigenvalue weighted by Gasteiger charge is -2.33. The molecule has 4 heterocycles. The van der Waals surface area contributed by atoms with Gasteiger partial charge in [-0.3, -0.25) is 9.59 Å². The summed E-state index contributed by atoms with van der Waals surface area (Å²) >= 11 is 0. The Kier molecular flexibility index (Phi) is 3.86. The van der Waals surface area contributed by atoms with Crippen LogP contribution >= 0.6 is 0 Å². The van der Waals surface area contributed by atoms with Crippen molar-refractivity contribution in [3.8, 4) is 0 Å². The van der Waals surface area contributed by atoms with Crippen molar-refractivity contribution >= 4 is 17.5 Å². The van der Waals surface area contributed by atoms with Crippen molar-refractivity contribution in [2.24, 2.45) is 7.05 Å². The first kappa shape index (κ1) is 18.3. The summed E-state index contributed by atoms with van der Waals surface area (Å²) in [6, 6.07) is 13.0. The molecule has 1 N–H and O–H groups in total. The number of amides is 2. The van der Waals surface area contributed by atoms with Crippen LogP contribution in [0.2, 0.25) is 0 Å². The quantitative estimate of drug-likeness (QED) is 0.700. The van der Waals surface area contributed by atoms with Crippen LogP contribution < -0.4 is 5.32 Å². The highest BCUT2D eigenvalue weighted by atomic mass is 16.5. The number of anilines is 1. The number of likely N-dealkylation sites (tertiary alicyclic amines) is 1. The lowest BCUT2D eigenvalue weighted by atomic mass is 9.74. The van der Waals surface area contributed by atoms with Crippen LogP contribution in [-0.2, 0) is 35.2 Å². The number of hydrogen-bond acceptors (Lipinski definition) is 4. The van der Waals surface area contributed by atoms with E-state index in [1.54, 1.807) is 6.20 Å². The number of ether oxygens (including phenoxy) is 1. The molecular weight excluding hydrogens is 392 g/mol. The van der Waals surface area contributed by atoms with Gasteiger partial charge in [0.05, 0.1) is 13.2 Å². The van der Waals surface area contributed by atoms with Crippen molar-refractivity contribution in [3.63, 3.8) is 0 Å². The third-order valence-corrected chi connectivity index (χ3v) is 6.96. The van der Waals surface area contributed by atoms with Crippen molar-refractivity contribution in [2.45, 2.75) is 31.1 Å². The van der Waals surface area contributed by atoms with E-state index in [9.17, 15) is 9.59 Å². The Hall–Kier alpha value is -3.45. The van der Waals surface area contributed by atoms with E-state index in [4.69, 9.17) is 4.74 Å². The lowest BCUT2D eigenvalue weighted by Crippen LogP contribution is -2.44. The molecule has 0 unspecified atom stereocenters. The third-order valence-electron chi connectivity index (χ3n) is 6.96. The number of aromatic nitrogens is 2. The van der Waals surface area contributed by atoms with Crippen LogP contribution in [0, 0.1) is 0 Å². The molecule has 7 nitrogen and oxygen atoms in total. The lowest BCUT2D eigenvalue weighted by molar-refractivity contribution is -0.121. The Morgan fingerprint density at radius 1 is 1.19 bits per heavy atom. The van der Waals surface area contributed by atoms with Gasteiger partial charge in [-0.15, -0.1) is 0 Å². The number of nitrogens with one attached hydrogen (secondary N) is 1. The molecule has 3 aliphatic heterocycles. The molecule has 1 saturated heterocycles. The van der Waals surface area contributed by atoms with E-state index in [2.05, 4.69) is 10.3 Å². The summed E-state index contributed by atoms with van der Waals surface area (Å²) in [5.41, 5.74) is 3.54. The predicted octanol–water partition coefficient (Wildman–Crippen LogP) is 2.93. The van der Waals surface area contributed by atoms with Gasteiger partial charge in [0.25, 0.3) is 5.91 Å². The van der Waals surface area contributed by atoms with Crippen LogP contribution in [0.5, 0.6) is 0 Å². The molecule has 3 aromatic rings. The van der Waals surface area contributed by atoms with Gasteiger partial charge in [0.2, 0.25) is 5.91 Å². The molecule has 1 fully saturated rings. The topological polar surface area (TPSA) is 76.5 Å². The first-order valence-corrected chi connectivity index (χ1v) is 10.5. The molecule has 6 rings (SSSR count). The van der Waals surface area contributed by atoms with E-state index in [-0.39, 0.29) is 11.8 Å². The number of hydrogen-bond donors (Lipinski definition) is 1. The molecule has 0 aliphatic carbocycles. The summed E-state index contributed by atoms with van der Waals surface area (Å²) in [5.74, 6) is 0.560. The van der Waals surface area contributed by atoms with Gasteiger partial charge in [0.15, 0.2) is 0 Å². The van der Waals surface area contributed by atoms with Crippen molar-refractivity contribution < 1.29 is 14.3 Å². The molecule has 156 valence electrons. The second kappa shape index (κ2) is 6.52. The van der Waals surface area contributed by atoms with Gasteiger partial charge in [-0.25, -0.2) is 4.98 Å². The summed E-state index contributed by atoms with van der Waals surface area (Å²) in [5, 5.41) is 3.05. The minimum absolute atomic E-state index is 0.0707. The Labute approximate surface area is 179 Å². The molecule has 0 bridgehead atoms. The van der Waals surface area contributed by atoms with Crippen molar-refractivity contribution in [3.05, 3.63) is 82.9 Å². The Bertz CT molecular complexity index is 1230. The van der Waals surface area contributed by atoms with E-state index in [1.165, 1.54) is 0 Å². The van der Waals surface area contributed by atoms with Gasteiger partial charge in [-0.1, -0.05) is 30.3 Å². The number of carbonyl (C=O) groups excluding carboxylic acids is 2.